The molecule has 1 aliphatic heterocycles. The summed E-state index contributed by atoms with van der Waals surface area (Å²) in [4.78, 5) is 14.3. The second-order valence-corrected chi connectivity index (χ2v) is 5.36. The van der Waals surface area contributed by atoms with E-state index >= 15 is 0 Å². The third kappa shape index (κ3) is 3.82. The van der Waals surface area contributed by atoms with Gasteiger partial charge in [0, 0.05) is 6.54 Å². The molecular formula is C16H21N3O. The number of likely N-dealkylation sites (tertiary alicyclic amines) is 1. The highest BCUT2D eigenvalue weighted by molar-refractivity contribution is 5.93. The lowest BCUT2D eigenvalue weighted by molar-refractivity contribution is -0.117. The van der Waals surface area contributed by atoms with Gasteiger partial charge in [-0.3, -0.25) is 9.69 Å². The molecule has 4 nitrogen and oxygen atoms in total. The van der Waals surface area contributed by atoms with Gasteiger partial charge >= 0.3 is 0 Å². The Labute approximate surface area is 120 Å². The lowest BCUT2D eigenvalue weighted by Gasteiger charge is -2.31. The van der Waals surface area contributed by atoms with Gasteiger partial charge in [-0.2, -0.15) is 5.26 Å². The molecule has 0 aliphatic carbocycles. The van der Waals surface area contributed by atoms with E-state index < -0.39 is 0 Å². The number of anilines is 1. The van der Waals surface area contributed by atoms with Crippen molar-refractivity contribution in [1.29, 1.82) is 5.26 Å². The Bertz CT molecular complexity index is 507. The Morgan fingerprint density at radius 3 is 3.05 bits per heavy atom. The second-order valence-electron chi connectivity index (χ2n) is 5.36. The van der Waals surface area contributed by atoms with Gasteiger partial charge in [0.05, 0.1) is 17.8 Å². The molecule has 1 aromatic rings. The number of para-hydroxylation sites is 1. The van der Waals surface area contributed by atoms with Crippen molar-refractivity contribution in [3.05, 3.63) is 29.8 Å². The van der Waals surface area contributed by atoms with Gasteiger partial charge in [0.2, 0.25) is 5.91 Å². The molecule has 106 valence electrons. The number of benzene rings is 1. The number of carbonyl (C=O) groups excluding carboxylic acids is 1. The zero-order valence-electron chi connectivity index (χ0n) is 11.9. The van der Waals surface area contributed by atoms with Crippen LogP contribution in [0.15, 0.2) is 24.3 Å². The predicted octanol–water partition coefficient (Wildman–Crippen LogP) is 2.62. The molecule has 0 saturated carbocycles. The maximum atomic E-state index is 12.1. The van der Waals surface area contributed by atoms with E-state index in [4.69, 9.17) is 5.26 Å². The van der Waals surface area contributed by atoms with E-state index in [0.29, 0.717) is 23.7 Å². The average molecular weight is 271 g/mol. The van der Waals surface area contributed by atoms with E-state index in [0.717, 1.165) is 13.1 Å². The number of nitrogens with zero attached hydrogens (tertiary/aromatic N) is 2. The number of hydrogen-bond donors (Lipinski definition) is 1. The van der Waals surface area contributed by atoms with Gasteiger partial charge < -0.3 is 5.32 Å². The van der Waals surface area contributed by atoms with Crippen molar-refractivity contribution in [2.24, 2.45) is 5.92 Å². The fourth-order valence-corrected chi connectivity index (χ4v) is 2.71. The summed E-state index contributed by atoms with van der Waals surface area (Å²) >= 11 is 0. The van der Waals surface area contributed by atoms with Crippen molar-refractivity contribution in [1.82, 2.24) is 4.90 Å². The lowest BCUT2D eigenvalue weighted by atomic mass is 9.96. The Hall–Kier alpha value is -1.86. The smallest absolute Gasteiger partial charge is 0.238 e. The van der Waals surface area contributed by atoms with Crippen LogP contribution in [0.2, 0.25) is 0 Å². The highest BCUT2D eigenvalue weighted by atomic mass is 16.2. The topological polar surface area (TPSA) is 56.1 Å². The van der Waals surface area contributed by atoms with Crippen molar-refractivity contribution < 1.29 is 4.79 Å². The van der Waals surface area contributed by atoms with Gasteiger partial charge in [-0.15, -0.1) is 0 Å². The molecule has 1 unspecified atom stereocenters. The van der Waals surface area contributed by atoms with E-state index in [-0.39, 0.29) is 5.91 Å². The fourth-order valence-electron chi connectivity index (χ4n) is 2.71. The number of rotatable bonds is 4. The van der Waals surface area contributed by atoms with Gasteiger partial charge in [-0.05, 0) is 37.4 Å². The summed E-state index contributed by atoms with van der Waals surface area (Å²) in [6, 6.07) is 9.19. The van der Waals surface area contributed by atoms with Crippen molar-refractivity contribution in [2.45, 2.75) is 26.2 Å². The monoisotopic (exact) mass is 271 g/mol. The quantitative estimate of drug-likeness (QED) is 0.915. The van der Waals surface area contributed by atoms with Crippen LogP contribution < -0.4 is 5.32 Å². The fraction of sp³-hybridized carbons (Fsp3) is 0.500. The first-order valence-corrected chi connectivity index (χ1v) is 7.24. The van der Waals surface area contributed by atoms with E-state index in [1.165, 1.54) is 19.3 Å². The van der Waals surface area contributed by atoms with Crippen LogP contribution in [-0.4, -0.2) is 30.4 Å². The normalized spacial score (nSPS) is 19.3. The highest BCUT2D eigenvalue weighted by Crippen LogP contribution is 2.19. The van der Waals surface area contributed by atoms with Crippen LogP contribution >= 0.6 is 0 Å². The third-order valence-electron chi connectivity index (χ3n) is 3.87. The number of carbonyl (C=O) groups is 1. The molecule has 1 aliphatic rings. The molecule has 1 heterocycles. The molecule has 0 bridgehead atoms. The maximum Gasteiger partial charge on any atom is 0.238 e. The third-order valence-corrected chi connectivity index (χ3v) is 3.87. The van der Waals surface area contributed by atoms with Gasteiger partial charge in [0.1, 0.15) is 6.07 Å². The summed E-state index contributed by atoms with van der Waals surface area (Å²) in [6.45, 7) is 4.61. The number of amides is 1. The number of hydrogen-bond acceptors (Lipinski definition) is 3. The largest absolute Gasteiger partial charge is 0.324 e. The minimum absolute atomic E-state index is 0.0375. The molecule has 1 fully saturated rings. The molecule has 2 rings (SSSR count). The standard InChI is InChI=1S/C16H21N3O/c1-2-13-6-5-9-19(11-13)12-16(20)18-15-8-4-3-7-14(15)10-17/h3-4,7-8,13H,2,5-6,9,11-12H2,1H3,(H,18,20). The second kappa shape index (κ2) is 7.06. The van der Waals surface area contributed by atoms with E-state index in [2.05, 4.69) is 23.2 Å². The molecule has 1 aromatic carbocycles. The number of piperidine rings is 1. The van der Waals surface area contributed by atoms with Crippen LogP contribution in [0.25, 0.3) is 0 Å². The first-order valence-electron chi connectivity index (χ1n) is 7.24. The zero-order valence-corrected chi connectivity index (χ0v) is 11.9. The Balaban J connectivity index is 1.91. The Kier molecular flexibility index (Phi) is 5.14. The highest BCUT2D eigenvalue weighted by Gasteiger charge is 2.20. The molecule has 0 aromatic heterocycles. The molecule has 4 heteroatoms. The molecule has 1 saturated heterocycles. The van der Waals surface area contributed by atoms with Crippen molar-refractivity contribution >= 4 is 11.6 Å². The molecule has 20 heavy (non-hydrogen) atoms. The predicted molar refractivity (Wildman–Crippen MR) is 79.2 cm³/mol. The molecular weight excluding hydrogens is 250 g/mol. The van der Waals surface area contributed by atoms with Crippen LogP contribution in [0.1, 0.15) is 31.7 Å². The van der Waals surface area contributed by atoms with Crippen molar-refractivity contribution in [3.8, 4) is 6.07 Å². The average Bonchev–Trinajstić information content (AvgIpc) is 2.48. The molecule has 0 spiro atoms. The van der Waals surface area contributed by atoms with Crippen molar-refractivity contribution in [3.63, 3.8) is 0 Å². The van der Waals surface area contributed by atoms with Crippen LogP contribution in [0.3, 0.4) is 0 Å². The van der Waals surface area contributed by atoms with Crippen molar-refractivity contribution in [2.75, 3.05) is 25.0 Å². The molecule has 1 atom stereocenters. The maximum absolute atomic E-state index is 12.1. The van der Waals surface area contributed by atoms with Gasteiger partial charge in [-0.1, -0.05) is 25.5 Å². The van der Waals surface area contributed by atoms with E-state index in [1.807, 2.05) is 6.07 Å². The van der Waals surface area contributed by atoms with Crippen LogP contribution in [-0.2, 0) is 4.79 Å². The summed E-state index contributed by atoms with van der Waals surface area (Å²) in [5, 5.41) is 11.8. The molecule has 1 N–H and O–H groups in total. The molecule has 0 radical (unpaired) electrons. The summed E-state index contributed by atoms with van der Waals surface area (Å²) in [5.74, 6) is 0.674. The zero-order chi connectivity index (χ0) is 14.4. The Morgan fingerprint density at radius 2 is 2.30 bits per heavy atom. The SMILES string of the molecule is CCC1CCCN(CC(=O)Nc2ccccc2C#N)C1. The number of nitrogens with one attached hydrogen (secondary N) is 1. The van der Waals surface area contributed by atoms with Gasteiger partial charge in [0.15, 0.2) is 0 Å². The summed E-state index contributed by atoms with van der Waals surface area (Å²) in [6.07, 6.45) is 3.61. The number of nitriles is 1. The first-order chi connectivity index (χ1) is 9.72. The Morgan fingerprint density at radius 1 is 1.50 bits per heavy atom. The lowest BCUT2D eigenvalue weighted by Crippen LogP contribution is -2.40. The van der Waals surface area contributed by atoms with Crippen LogP contribution in [0.5, 0.6) is 0 Å². The van der Waals surface area contributed by atoms with Gasteiger partial charge in [0.25, 0.3) is 0 Å². The molecule has 1 amide bonds. The first kappa shape index (κ1) is 14.5. The van der Waals surface area contributed by atoms with Crippen LogP contribution in [0, 0.1) is 17.2 Å². The van der Waals surface area contributed by atoms with E-state index in [1.54, 1.807) is 18.2 Å². The summed E-state index contributed by atoms with van der Waals surface area (Å²) < 4.78 is 0. The summed E-state index contributed by atoms with van der Waals surface area (Å²) in [7, 11) is 0. The van der Waals surface area contributed by atoms with Crippen LogP contribution in [0.4, 0.5) is 5.69 Å². The summed E-state index contributed by atoms with van der Waals surface area (Å²) in [5.41, 5.74) is 1.11. The van der Waals surface area contributed by atoms with Gasteiger partial charge in [-0.25, -0.2) is 0 Å². The minimum atomic E-state index is -0.0375. The minimum Gasteiger partial charge on any atom is -0.324 e. The van der Waals surface area contributed by atoms with E-state index in [9.17, 15) is 4.79 Å².